The summed E-state index contributed by atoms with van der Waals surface area (Å²) in [4.78, 5) is 85.3. The van der Waals surface area contributed by atoms with Crippen molar-refractivity contribution in [1.82, 2.24) is 0 Å². The molecule has 13 heteroatoms. The van der Waals surface area contributed by atoms with Gasteiger partial charge in [0.15, 0.2) is 0 Å². The molecule has 10 aliphatic carbocycles. The molecule has 13 aliphatic rings. The molecule has 15 atom stereocenters. The maximum absolute atomic E-state index is 15.7. The Bertz CT molecular complexity index is 1930. The van der Waals surface area contributed by atoms with Crippen molar-refractivity contribution >= 4 is 35.8 Å². The van der Waals surface area contributed by atoms with Gasteiger partial charge in [-0.15, -0.1) is 0 Å². The highest BCUT2D eigenvalue weighted by Gasteiger charge is 2.68. The number of hydrogen-bond acceptors (Lipinski definition) is 13. The number of rotatable bonds is 11. The van der Waals surface area contributed by atoms with Gasteiger partial charge in [0.05, 0.1) is 52.8 Å². The topological polar surface area (TPSA) is 178 Å². The van der Waals surface area contributed by atoms with Gasteiger partial charge in [-0.1, -0.05) is 73.3 Å². The van der Waals surface area contributed by atoms with E-state index in [1.54, 1.807) is 13.8 Å². The lowest BCUT2D eigenvalue weighted by Crippen LogP contribution is -2.62. The van der Waals surface area contributed by atoms with Crippen LogP contribution in [0, 0.1) is 87.3 Å². The van der Waals surface area contributed by atoms with E-state index in [2.05, 4.69) is 6.92 Å². The lowest BCUT2D eigenvalue weighted by atomic mass is 9.47. The fraction of sp³-hybridized carbons (Fsp3) is 0.895. The van der Waals surface area contributed by atoms with Crippen molar-refractivity contribution in [3.63, 3.8) is 0 Å². The Hall–Kier alpha value is -3.06. The van der Waals surface area contributed by atoms with Gasteiger partial charge in [-0.05, 0) is 158 Å². The number of esters is 6. The van der Waals surface area contributed by atoms with Gasteiger partial charge in [-0.2, -0.15) is 0 Å². The molecule has 404 valence electrons. The van der Waals surface area contributed by atoms with Gasteiger partial charge in [0.2, 0.25) is 6.29 Å². The van der Waals surface area contributed by atoms with E-state index in [0.29, 0.717) is 90.3 Å². The zero-order chi connectivity index (χ0) is 43.4. The van der Waals surface area contributed by atoms with Crippen LogP contribution in [0.5, 0.6) is 0 Å². The van der Waals surface area contributed by atoms with Gasteiger partial charge in [-0.25, -0.2) is 0 Å². The van der Waals surface area contributed by atoms with E-state index in [9.17, 15) is 24.3 Å². The Morgan fingerprint density at radius 3 is 1.80 bits per heavy atom. The van der Waals surface area contributed by atoms with Crippen LogP contribution in [0.25, 0.3) is 0 Å². The van der Waals surface area contributed by atoms with E-state index in [1.165, 1.54) is 0 Å². The molecule has 70 heavy (non-hydrogen) atoms. The highest BCUT2D eigenvalue weighted by molar-refractivity contribution is 6.00. The minimum Gasteiger partial charge on any atom is -0.465 e. The van der Waals surface area contributed by atoms with E-state index in [0.717, 1.165) is 32.1 Å². The standard InChI is InChI=1S/C49H66O13.8CH4/c1-25-31-11-32(34-21-58-39(51)36(31)34)33(25)20-44(3,41(53)61-48-16-27-9-28(17-48)13-46(12-27,23-48)43(55)59-35-7-5-6-8-57-35)22-45(4,37-26(2)38(50)60-40(37)52)42(54)62-49-18-29-10-30(19-49)15-47(56,14-29)24-49;;;;;;;;/h25-37,56H,5-24H2,1-4H3;8*1H4. The fourth-order valence-corrected chi connectivity index (χ4v) is 17.9. The summed E-state index contributed by atoms with van der Waals surface area (Å²) in [6, 6.07) is 0. The molecule has 10 bridgehead atoms. The van der Waals surface area contributed by atoms with Crippen molar-refractivity contribution in [3.05, 3.63) is 0 Å². The second-order valence-corrected chi connectivity index (χ2v) is 24.0. The molecule has 0 spiro atoms. The summed E-state index contributed by atoms with van der Waals surface area (Å²) < 4.78 is 36.5. The fourth-order valence-electron chi connectivity index (χ4n) is 17.9. The molecule has 13 nitrogen and oxygen atoms in total. The van der Waals surface area contributed by atoms with E-state index in [-0.39, 0.29) is 137 Å². The summed E-state index contributed by atoms with van der Waals surface area (Å²) in [7, 11) is 0. The summed E-state index contributed by atoms with van der Waals surface area (Å²) in [5.41, 5.74) is -6.57. The van der Waals surface area contributed by atoms with Crippen LogP contribution in [0.3, 0.4) is 0 Å². The maximum Gasteiger partial charge on any atom is 0.318 e. The van der Waals surface area contributed by atoms with Crippen LogP contribution < -0.4 is 0 Å². The summed E-state index contributed by atoms with van der Waals surface area (Å²) in [5, 5.41) is 11.6. The van der Waals surface area contributed by atoms with Crippen LogP contribution in [0.2, 0.25) is 0 Å². The number of ether oxygens (including phenoxy) is 6. The molecule has 15 unspecified atom stereocenters. The third-order valence-corrected chi connectivity index (χ3v) is 19.4. The maximum atomic E-state index is 15.7. The largest absolute Gasteiger partial charge is 0.465 e. The predicted octanol–water partition coefficient (Wildman–Crippen LogP) is 11.5. The van der Waals surface area contributed by atoms with Crippen molar-refractivity contribution in [2.75, 3.05) is 13.2 Å². The average Bonchev–Trinajstić information content (AvgIpc) is 3.90. The molecule has 0 aromatic carbocycles. The highest BCUT2D eigenvalue weighted by Crippen LogP contribution is 2.67. The molecule has 0 amide bonds. The molecule has 3 saturated heterocycles. The third-order valence-electron chi connectivity index (χ3n) is 19.4. The quantitative estimate of drug-likeness (QED) is 0.118. The summed E-state index contributed by atoms with van der Waals surface area (Å²) in [6.07, 6.45) is 11.0. The number of fused-ring (bicyclic) bond motifs is 5. The molecule has 3 aliphatic heterocycles. The summed E-state index contributed by atoms with van der Waals surface area (Å²) in [6.45, 7) is 8.22. The molecular weight excluding hydrogens is 893 g/mol. The Morgan fingerprint density at radius 1 is 0.686 bits per heavy atom. The van der Waals surface area contributed by atoms with Gasteiger partial charge >= 0.3 is 35.8 Å². The zero-order valence-electron chi connectivity index (χ0n) is 37.0. The Balaban J connectivity index is 0.00000162. The van der Waals surface area contributed by atoms with Gasteiger partial charge in [0.1, 0.15) is 11.2 Å². The molecule has 0 aromatic heterocycles. The Kier molecular flexibility index (Phi) is 18.1. The van der Waals surface area contributed by atoms with Crippen LogP contribution >= 0.6 is 0 Å². The van der Waals surface area contributed by atoms with E-state index < -0.39 is 75.1 Å². The first-order valence-electron chi connectivity index (χ1n) is 24.3. The molecule has 0 aromatic rings. The number of hydrogen-bond donors (Lipinski definition) is 1. The lowest BCUT2D eigenvalue weighted by molar-refractivity contribution is -0.235. The first-order chi connectivity index (χ1) is 29.3. The summed E-state index contributed by atoms with van der Waals surface area (Å²) >= 11 is 0. The molecule has 13 rings (SSSR count). The Morgan fingerprint density at radius 2 is 1.26 bits per heavy atom. The second kappa shape index (κ2) is 20.7. The number of carbonyl (C=O) groups is 6. The number of aliphatic hydroxyl groups is 1. The SMILES string of the molecule is C.C.C.C.C.C.C.C.CC1C(=O)OC(=O)C1C(C)(CC(C)(CC1C(C)C2CC1C1COC(=O)C21)C(=O)OC12CC3CC(C1)CC(C(=O)OC1CCCCO1)(C3)C2)C(=O)OC12CC3CC(CC(O)(C3)C1)C2. The molecular formula is C57H98O13. The van der Waals surface area contributed by atoms with E-state index in [1.807, 2.05) is 6.92 Å². The van der Waals surface area contributed by atoms with Gasteiger partial charge < -0.3 is 33.5 Å². The highest BCUT2D eigenvalue weighted by atomic mass is 16.7. The lowest BCUT2D eigenvalue weighted by Gasteiger charge is -2.60. The zero-order valence-corrected chi connectivity index (χ0v) is 37.0. The summed E-state index contributed by atoms with van der Waals surface area (Å²) in [5.74, 6) is -4.17. The van der Waals surface area contributed by atoms with Crippen molar-refractivity contribution in [2.45, 2.75) is 226 Å². The molecule has 0 radical (unpaired) electrons. The van der Waals surface area contributed by atoms with Crippen molar-refractivity contribution in [2.24, 2.45) is 87.3 Å². The molecule has 10 saturated carbocycles. The van der Waals surface area contributed by atoms with Crippen molar-refractivity contribution in [3.8, 4) is 0 Å². The van der Waals surface area contributed by atoms with Gasteiger partial charge in [-0.3, -0.25) is 28.8 Å². The van der Waals surface area contributed by atoms with Crippen LogP contribution in [0.15, 0.2) is 0 Å². The van der Waals surface area contributed by atoms with E-state index in [4.69, 9.17) is 28.4 Å². The van der Waals surface area contributed by atoms with Crippen LogP contribution in [-0.4, -0.2) is 77.2 Å². The first-order valence-corrected chi connectivity index (χ1v) is 24.3. The molecule has 3 heterocycles. The normalized spacial score (nSPS) is 44.1. The number of carbonyl (C=O) groups excluding carboxylic acids is 6. The van der Waals surface area contributed by atoms with Crippen molar-refractivity contribution < 1.29 is 62.3 Å². The van der Waals surface area contributed by atoms with Crippen LogP contribution in [0.4, 0.5) is 0 Å². The minimum absolute atomic E-state index is 0. The van der Waals surface area contributed by atoms with Crippen LogP contribution in [-0.2, 0) is 57.2 Å². The van der Waals surface area contributed by atoms with Gasteiger partial charge in [0.25, 0.3) is 0 Å². The Labute approximate surface area is 423 Å². The third kappa shape index (κ3) is 9.53. The smallest absolute Gasteiger partial charge is 0.318 e. The minimum atomic E-state index is -1.69. The van der Waals surface area contributed by atoms with Crippen LogP contribution in [0.1, 0.15) is 203 Å². The average molecular weight is 991 g/mol. The first kappa shape index (κ1) is 61.2. The van der Waals surface area contributed by atoms with Gasteiger partial charge in [0, 0.05) is 25.2 Å². The van der Waals surface area contributed by atoms with Crippen molar-refractivity contribution in [1.29, 1.82) is 0 Å². The second-order valence-electron chi connectivity index (χ2n) is 24.0. The predicted molar refractivity (Wildman–Crippen MR) is 269 cm³/mol. The molecule has 13 fully saturated rings. The monoisotopic (exact) mass is 991 g/mol. The number of cyclic esters (lactones) is 3. The molecule has 1 N–H and O–H groups in total. The van der Waals surface area contributed by atoms with E-state index >= 15 is 9.59 Å².